The lowest BCUT2D eigenvalue weighted by atomic mass is 10.1. The molecule has 0 aliphatic carbocycles. The molecule has 0 spiro atoms. The summed E-state index contributed by atoms with van der Waals surface area (Å²) in [6.45, 7) is 10.0. The van der Waals surface area contributed by atoms with Crippen LogP contribution in [0.1, 0.15) is 47.5 Å². The molecule has 0 bridgehead atoms. The number of carbonyl (C=O) groups is 1. The topological polar surface area (TPSA) is 46.5 Å². The Labute approximate surface area is 116 Å². The van der Waals surface area contributed by atoms with Crippen LogP contribution in [0, 0.1) is 0 Å². The first-order valence-electron chi connectivity index (χ1n) is 5.67. The second-order valence-electron chi connectivity index (χ2n) is 5.19. The number of hydrogen-bond acceptors (Lipinski definition) is 5. The predicted octanol–water partition coefficient (Wildman–Crippen LogP) is 2.73. The average Bonchev–Trinajstić information content (AvgIpc) is 1.98. The first kappa shape index (κ1) is 19.5. The van der Waals surface area contributed by atoms with E-state index in [2.05, 4.69) is 25.3 Å². The molecule has 0 rings (SSSR count). The molecule has 0 saturated carbocycles. The molecule has 0 fully saturated rings. The summed E-state index contributed by atoms with van der Waals surface area (Å²) < 4.78 is 4.68. The van der Waals surface area contributed by atoms with Crippen molar-refractivity contribution in [2.24, 2.45) is 0 Å². The van der Waals surface area contributed by atoms with Crippen LogP contribution in [0.15, 0.2) is 0 Å². The van der Waals surface area contributed by atoms with Crippen LogP contribution in [0.3, 0.4) is 0 Å². The minimum atomic E-state index is -0.224. The summed E-state index contributed by atoms with van der Waals surface area (Å²) in [7, 11) is 0. The van der Waals surface area contributed by atoms with Crippen molar-refractivity contribution < 1.29 is 14.6 Å². The van der Waals surface area contributed by atoms with Crippen molar-refractivity contribution in [3.8, 4) is 0 Å². The van der Waals surface area contributed by atoms with Gasteiger partial charge in [0.25, 0.3) is 0 Å². The third-order valence-electron chi connectivity index (χ3n) is 1.74. The zero-order valence-corrected chi connectivity index (χ0v) is 13.3. The number of aliphatic hydroxyl groups excluding tert-OH is 1. The molecule has 17 heavy (non-hydrogen) atoms. The highest BCUT2D eigenvalue weighted by molar-refractivity contribution is 7.81. The summed E-state index contributed by atoms with van der Waals surface area (Å²) in [6.07, 6.45) is 1.55. The molecule has 0 atom stereocenters. The van der Waals surface area contributed by atoms with Crippen LogP contribution in [0.5, 0.6) is 0 Å². The molecular weight excluding hydrogens is 256 g/mol. The lowest BCUT2D eigenvalue weighted by Gasteiger charge is -2.15. The lowest BCUT2D eigenvalue weighted by molar-refractivity contribution is -0.141. The fourth-order valence-electron chi connectivity index (χ4n) is 0.718. The van der Waals surface area contributed by atoms with Crippen molar-refractivity contribution in [3.05, 3.63) is 0 Å². The Hall–Kier alpha value is 0.130. The van der Waals surface area contributed by atoms with Gasteiger partial charge in [-0.1, -0.05) is 27.7 Å². The van der Waals surface area contributed by atoms with Crippen molar-refractivity contribution in [3.63, 3.8) is 0 Å². The number of rotatable bonds is 5. The van der Waals surface area contributed by atoms with Crippen LogP contribution in [0.4, 0.5) is 0 Å². The van der Waals surface area contributed by atoms with E-state index in [1.807, 2.05) is 27.7 Å². The van der Waals surface area contributed by atoms with Gasteiger partial charge in [-0.05, 0) is 12.8 Å². The Balaban J connectivity index is 0. The molecule has 3 nitrogen and oxygen atoms in total. The summed E-state index contributed by atoms with van der Waals surface area (Å²) in [5.41, 5.74) is 0. The zero-order chi connectivity index (χ0) is 14.1. The van der Waals surface area contributed by atoms with Gasteiger partial charge in [0.15, 0.2) is 0 Å². The van der Waals surface area contributed by atoms with Gasteiger partial charge in [0.05, 0.1) is 6.61 Å². The van der Waals surface area contributed by atoms with Gasteiger partial charge in [-0.2, -0.15) is 25.3 Å². The Morgan fingerprint density at radius 1 is 1.12 bits per heavy atom. The monoisotopic (exact) mass is 282 g/mol. The van der Waals surface area contributed by atoms with Gasteiger partial charge in [-0.15, -0.1) is 0 Å². The predicted molar refractivity (Wildman–Crippen MR) is 79.1 cm³/mol. The van der Waals surface area contributed by atoms with E-state index < -0.39 is 0 Å². The van der Waals surface area contributed by atoms with Gasteiger partial charge in [0.2, 0.25) is 0 Å². The fraction of sp³-hybridized carbons (Fsp3) is 0.917. The van der Waals surface area contributed by atoms with E-state index in [0.29, 0.717) is 6.61 Å². The molecule has 0 aromatic rings. The van der Waals surface area contributed by atoms with E-state index in [1.165, 1.54) is 6.92 Å². The molecule has 0 aliphatic heterocycles. The average molecular weight is 282 g/mol. The van der Waals surface area contributed by atoms with Crippen LogP contribution >= 0.6 is 25.3 Å². The maximum Gasteiger partial charge on any atom is 0.302 e. The maximum absolute atomic E-state index is 10.3. The highest BCUT2D eigenvalue weighted by Gasteiger charge is 2.11. The van der Waals surface area contributed by atoms with Gasteiger partial charge >= 0.3 is 5.97 Å². The van der Waals surface area contributed by atoms with E-state index in [1.54, 1.807) is 0 Å². The molecule has 0 unspecified atom stereocenters. The highest BCUT2D eigenvalue weighted by Crippen LogP contribution is 2.16. The molecule has 0 aromatic heterocycles. The molecule has 0 aliphatic rings. The van der Waals surface area contributed by atoms with Gasteiger partial charge in [0, 0.05) is 23.0 Å². The molecule has 0 amide bonds. The molecule has 0 aromatic carbocycles. The highest BCUT2D eigenvalue weighted by atomic mass is 32.1. The molecule has 5 heteroatoms. The van der Waals surface area contributed by atoms with Crippen LogP contribution < -0.4 is 0 Å². The molecule has 1 N–H and O–H groups in total. The van der Waals surface area contributed by atoms with Crippen molar-refractivity contribution >= 4 is 31.2 Å². The standard InChI is InChI=1S/C7H14O2S.C5H12OS/c1-6(8)9-5-4-7(2,3)10;1-5(2,7)3-4-6/h10H,4-5H2,1-3H3;6-7H,3-4H2,1-2H3. The third-order valence-corrected chi connectivity index (χ3v) is 2.19. The number of esters is 1. The number of ether oxygens (including phenoxy) is 1. The van der Waals surface area contributed by atoms with Gasteiger partial charge in [0.1, 0.15) is 0 Å². The summed E-state index contributed by atoms with van der Waals surface area (Å²) in [4.78, 5) is 10.3. The summed E-state index contributed by atoms with van der Waals surface area (Å²) >= 11 is 8.44. The smallest absolute Gasteiger partial charge is 0.302 e. The Morgan fingerprint density at radius 3 is 1.71 bits per heavy atom. The van der Waals surface area contributed by atoms with Crippen LogP contribution in [-0.2, 0) is 9.53 Å². The number of hydrogen-bond donors (Lipinski definition) is 3. The van der Waals surface area contributed by atoms with Crippen molar-refractivity contribution in [1.82, 2.24) is 0 Å². The van der Waals surface area contributed by atoms with Gasteiger partial charge < -0.3 is 9.84 Å². The minimum Gasteiger partial charge on any atom is -0.466 e. The van der Waals surface area contributed by atoms with Crippen molar-refractivity contribution in [2.75, 3.05) is 13.2 Å². The largest absolute Gasteiger partial charge is 0.466 e. The molecule has 0 saturated heterocycles. The van der Waals surface area contributed by atoms with E-state index in [9.17, 15) is 4.79 Å². The minimum absolute atomic E-state index is 0.00521. The van der Waals surface area contributed by atoms with Gasteiger partial charge in [-0.3, -0.25) is 4.79 Å². The van der Waals surface area contributed by atoms with Crippen molar-refractivity contribution in [1.29, 1.82) is 0 Å². The van der Waals surface area contributed by atoms with E-state index in [4.69, 9.17) is 9.84 Å². The fourth-order valence-corrected chi connectivity index (χ4v) is 0.909. The van der Waals surface area contributed by atoms with Crippen LogP contribution in [0.25, 0.3) is 0 Å². The first-order chi connectivity index (χ1) is 7.48. The third kappa shape index (κ3) is 26.0. The first-order valence-corrected chi connectivity index (χ1v) is 6.56. The van der Waals surface area contributed by atoms with E-state index in [0.717, 1.165) is 12.8 Å². The van der Waals surface area contributed by atoms with Crippen molar-refractivity contribution in [2.45, 2.75) is 57.0 Å². The molecule has 0 heterocycles. The normalized spacial score (nSPS) is 11.5. The summed E-state index contributed by atoms with van der Waals surface area (Å²) in [6, 6.07) is 0. The Bertz CT molecular complexity index is 205. The Kier molecular flexibility index (Phi) is 10.4. The second-order valence-corrected chi connectivity index (χ2v) is 7.61. The lowest BCUT2D eigenvalue weighted by Crippen LogP contribution is -2.15. The summed E-state index contributed by atoms with van der Waals surface area (Å²) in [5.74, 6) is -0.224. The van der Waals surface area contributed by atoms with E-state index in [-0.39, 0.29) is 22.1 Å². The Morgan fingerprint density at radius 2 is 1.53 bits per heavy atom. The summed E-state index contributed by atoms with van der Waals surface area (Å²) in [5, 5.41) is 8.35. The van der Waals surface area contributed by atoms with Crippen LogP contribution in [0.2, 0.25) is 0 Å². The van der Waals surface area contributed by atoms with Crippen LogP contribution in [-0.4, -0.2) is 33.8 Å². The molecule has 104 valence electrons. The molecule has 0 radical (unpaired) electrons. The maximum atomic E-state index is 10.3. The second kappa shape index (κ2) is 9.11. The quantitative estimate of drug-likeness (QED) is 0.537. The molecular formula is C12H26O3S2. The van der Waals surface area contributed by atoms with Gasteiger partial charge in [-0.25, -0.2) is 0 Å². The number of aliphatic hydroxyl groups is 1. The number of thiol groups is 2. The number of carbonyl (C=O) groups excluding carboxylic acids is 1. The van der Waals surface area contributed by atoms with E-state index >= 15 is 0 Å². The zero-order valence-electron chi connectivity index (χ0n) is 11.5. The SMILES string of the molecule is CC(=O)OCCC(C)(C)S.CC(C)(S)CCO.